The molecule has 0 heterocycles. The van der Waals surface area contributed by atoms with Gasteiger partial charge in [0.05, 0.1) is 25.9 Å². The van der Waals surface area contributed by atoms with Crippen LogP contribution >= 0.6 is 0 Å². The third-order valence-corrected chi connectivity index (χ3v) is 2.67. The molecule has 0 spiro atoms. The molecule has 22 heavy (non-hydrogen) atoms. The van der Waals surface area contributed by atoms with E-state index in [0.29, 0.717) is 5.75 Å². The van der Waals surface area contributed by atoms with Crippen LogP contribution in [0.1, 0.15) is 24.2 Å². The zero-order valence-electron chi connectivity index (χ0n) is 12.8. The van der Waals surface area contributed by atoms with Gasteiger partial charge in [0.1, 0.15) is 5.75 Å². The molecule has 0 bridgehead atoms. The molecule has 0 fully saturated rings. The van der Waals surface area contributed by atoms with Crippen molar-refractivity contribution in [2.24, 2.45) is 0 Å². The molecule has 0 aliphatic carbocycles. The number of carbonyl (C=O) groups is 3. The normalized spacial score (nSPS) is 10.0. The molecule has 1 N–H and O–H groups in total. The van der Waals surface area contributed by atoms with E-state index >= 15 is 0 Å². The second kappa shape index (κ2) is 8.66. The lowest BCUT2D eigenvalue weighted by Gasteiger charge is -2.16. The quantitative estimate of drug-likeness (QED) is 0.595. The maximum absolute atomic E-state index is 12.2. The van der Waals surface area contributed by atoms with E-state index in [9.17, 15) is 14.4 Å². The second-order valence-corrected chi connectivity index (χ2v) is 4.11. The topological polar surface area (TPSA) is 90.9 Å². The van der Waals surface area contributed by atoms with Crippen LogP contribution in [0.2, 0.25) is 0 Å². The minimum absolute atomic E-state index is 0.0826. The number of carbonyl (C=O) groups excluding carboxylic acids is 3. The van der Waals surface area contributed by atoms with E-state index in [1.54, 1.807) is 32.0 Å². The number of amides is 1. The van der Waals surface area contributed by atoms with Crippen molar-refractivity contribution >= 4 is 17.8 Å². The van der Waals surface area contributed by atoms with Gasteiger partial charge in [0.15, 0.2) is 0 Å². The summed E-state index contributed by atoms with van der Waals surface area (Å²) in [5.41, 5.74) is 0.198. The van der Waals surface area contributed by atoms with Crippen molar-refractivity contribution in [3.05, 3.63) is 29.8 Å². The highest BCUT2D eigenvalue weighted by molar-refractivity contribution is 6.06. The highest BCUT2D eigenvalue weighted by Gasteiger charge is 2.32. The number of hydrogen-bond acceptors (Lipinski definition) is 6. The van der Waals surface area contributed by atoms with E-state index < -0.39 is 23.9 Å². The SMILES string of the molecule is CCOC(=O)C(NC(=O)c1ccccc1OC)C(=O)OCC. The molecule has 1 aromatic carbocycles. The maximum atomic E-state index is 12.2. The number of para-hydroxylation sites is 1. The summed E-state index contributed by atoms with van der Waals surface area (Å²) in [6, 6.07) is 4.93. The molecule has 0 radical (unpaired) electrons. The van der Waals surface area contributed by atoms with Crippen LogP contribution in [0.5, 0.6) is 5.75 Å². The predicted octanol–water partition coefficient (Wildman–Crippen LogP) is 0.920. The molecule has 0 atom stereocenters. The number of nitrogens with one attached hydrogen (secondary N) is 1. The van der Waals surface area contributed by atoms with Gasteiger partial charge in [-0.3, -0.25) is 4.79 Å². The molecule has 0 unspecified atom stereocenters. The van der Waals surface area contributed by atoms with Crippen molar-refractivity contribution in [3.8, 4) is 5.75 Å². The monoisotopic (exact) mass is 309 g/mol. The first-order valence-electron chi connectivity index (χ1n) is 6.82. The average molecular weight is 309 g/mol. The third kappa shape index (κ3) is 4.47. The fourth-order valence-electron chi connectivity index (χ4n) is 1.71. The van der Waals surface area contributed by atoms with E-state index in [1.807, 2.05) is 0 Å². The second-order valence-electron chi connectivity index (χ2n) is 4.11. The zero-order valence-corrected chi connectivity index (χ0v) is 12.8. The van der Waals surface area contributed by atoms with Gasteiger partial charge >= 0.3 is 11.9 Å². The Labute approximate surface area is 128 Å². The van der Waals surface area contributed by atoms with E-state index in [1.165, 1.54) is 13.2 Å². The Hall–Kier alpha value is -2.57. The minimum atomic E-state index is -1.52. The van der Waals surface area contributed by atoms with Crippen LogP contribution in [0, 0.1) is 0 Å². The molecule has 1 aromatic rings. The van der Waals surface area contributed by atoms with Crippen molar-refractivity contribution < 1.29 is 28.6 Å². The number of benzene rings is 1. The van der Waals surface area contributed by atoms with E-state index in [-0.39, 0.29) is 18.8 Å². The van der Waals surface area contributed by atoms with Gasteiger partial charge in [-0.25, -0.2) is 9.59 Å². The molecular weight excluding hydrogens is 290 g/mol. The highest BCUT2D eigenvalue weighted by atomic mass is 16.6. The number of hydrogen-bond donors (Lipinski definition) is 1. The third-order valence-electron chi connectivity index (χ3n) is 2.67. The molecule has 0 aliphatic rings. The lowest BCUT2D eigenvalue weighted by atomic mass is 10.1. The zero-order chi connectivity index (χ0) is 16.5. The summed E-state index contributed by atoms with van der Waals surface area (Å²) in [7, 11) is 1.42. The van der Waals surface area contributed by atoms with Crippen LogP contribution in [0.3, 0.4) is 0 Å². The van der Waals surface area contributed by atoms with Crippen LogP contribution in [0.4, 0.5) is 0 Å². The molecular formula is C15H19NO6. The van der Waals surface area contributed by atoms with Crippen molar-refractivity contribution in [1.29, 1.82) is 0 Å². The van der Waals surface area contributed by atoms with Crippen molar-refractivity contribution in [1.82, 2.24) is 5.32 Å². The molecule has 0 saturated carbocycles. The van der Waals surface area contributed by atoms with Crippen molar-refractivity contribution in [2.45, 2.75) is 19.9 Å². The first kappa shape index (κ1) is 17.5. The number of methoxy groups -OCH3 is 1. The lowest BCUT2D eigenvalue weighted by Crippen LogP contribution is -2.48. The summed E-state index contributed by atoms with van der Waals surface area (Å²) in [4.78, 5) is 35.9. The molecule has 0 aromatic heterocycles. The Morgan fingerprint density at radius 1 is 1.05 bits per heavy atom. The number of esters is 2. The van der Waals surface area contributed by atoms with Crippen LogP contribution < -0.4 is 10.1 Å². The molecule has 0 aliphatic heterocycles. The van der Waals surface area contributed by atoms with Crippen LogP contribution in [-0.4, -0.2) is 44.2 Å². The smallest absolute Gasteiger partial charge is 0.340 e. The summed E-state index contributed by atoms with van der Waals surface area (Å²) >= 11 is 0. The molecule has 1 rings (SSSR count). The Morgan fingerprint density at radius 2 is 1.59 bits per heavy atom. The van der Waals surface area contributed by atoms with Crippen LogP contribution in [0.15, 0.2) is 24.3 Å². The van der Waals surface area contributed by atoms with Gasteiger partial charge in [-0.15, -0.1) is 0 Å². The lowest BCUT2D eigenvalue weighted by molar-refractivity contribution is -0.157. The summed E-state index contributed by atoms with van der Waals surface area (Å²) in [5.74, 6) is -2.05. The van der Waals surface area contributed by atoms with E-state index in [0.717, 1.165) is 0 Å². The molecule has 1 amide bonds. The van der Waals surface area contributed by atoms with Gasteiger partial charge < -0.3 is 19.5 Å². The van der Waals surface area contributed by atoms with Gasteiger partial charge in [0.25, 0.3) is 5.91 Å². The summed E-state index contributed by atoms with van der Waals surface area (Å²) in [5, 5.41) is 2.31. The van der Waals surface area contributed by atoms with Gasteiger partial charge in [-0.2, -0.15) is 0 Å². The van der Waals surface area contributed by atoms with Crippen LogP contribution in [0.25, 0.3) is 0 Å². The minimum Gasteiger partial charge on any atom is -0.496 e. The molecule has 120 valence electrons. The average Bonchev–Trinajstić information content (AvgIpc) is 2.52. The predicted molar refractivity (Wildman–Crippen MR) is 77.5 cm³/mol. The highest BCUT2D eigenvalue weighted by Crippen LogP contribution is 2.17. The van der Waals surface area contributed by atoms with Crippen LogP contribution in [-0.2, 0) is 19.1 Å². The molecule has 0 saturated heterocycles. The fraction of sp³-hybridized carbons (Fsp3) is 0.400. The Balaban J connectivity index is 2.95. The van der Waals surface area contributed by atoms with Gasteiger partial charge in [-0.1, -0.05) is 12.1 Å². The standard InChI is InChI=1S/C15H19NO6/c1-4-21-14(18)12(15(19)22-5-2)16-13(17)10-8-6-7-9-11(10)20-3/h6-9,12H,4-5H2,1-3H3,(H,16,17). The maximum Gasteiger partial charge on any atom is 0.340 e. The Bertz CT molecular complexity index is 525. The largest absolute Gasteiger partial charge is 0.496 e. The fourth-order valence-corrected chi connectivity index (χ4v) is 1.71. The van der Waals surface area contributed by atoms with Crippen molar-refractivity contribution in [3.63, 3.8) is 0 Å². The van der Waals surface area contributed by atoms with Crippen molar-refractivity contribution in [2.75, 3.05) is 20.3 Å². The van der Waals surface area contributed by atoms with E-state index in [2.05, 4.69) is 5.32 Å². The Kier molecular flexibility index (Phi) is 6.88. The number of rotatable bonds is 7. The van der Waals surface area contributed by atoms with Gasteiger partial charge in [0.2, 0.25) is 6.04 Å². The first-order valence-corrected chi connectivity index (χ1v) is 6.82. The number of ether oxygens (including phenoxy) is 3. The van der Waals surface area contributed by atoms with E-state index in [4.69, 9.17) is 14.2 Å². The molecule has 7 nitrogen and oxygen atoms in total. The first-order chi connectivity index (χ1) is 10.5. The summed E-state index contributed by atoms with van der Waals surface area (Å²) < 4.78 is 14.6. The summed E-state index contributed by atoms with van der Waals surface area (Å²) in [6.07, 6.45) is 0. The Morgan fingerprint density at radius 3 is 2.09 bits per heavy atom. The molecule has 7 heteroatoms. The summed E-state index contributed by atoms with van der Waals surface area (Å²) in [6.45, 7) is 3.36. The van der Waals surface area contributed by atoms with Gasteiger partial charge in [0, 0.05) is 0 Å². The van der Waals surface area contributed by atoms with Gasteiger partial charge in [-0.05, 0) is 26.0 Å².